The summed E-state index contributed by atoms with van der Waals surface area (Å²) < 4.78 is 99.3. The normalized spacial score (nSPS) is 49.9. The summed E-state index contributed by atoms with van der Waals surface area (Å²) >= 11 is 2.23. The number of allylic oxidation sites excluding steroid dienone is 1. The molecule has 4 saturated carbocycles. The van der Waals surface area contributed by atoms with E-state index in [9.17, 15) is 18.0 Å². The van der Waals surface area contributed by atoms with Crippen LogP contribution >= 0.6 is 22.6 Å². The molecule has 20 rings (SSSR count). The highest BCUT2D eigenvalue weighted by atomic mass is 127. The average molecular weight is 1630 g/mol. The van der Waals surface area contributed by atoms with Gasteiger partial charge in [-0.25, -0.2) is 49.1 Å². The van der Waals surface area contributed by atoms with Crippen LogP contribution in [0.2, 0.25) is 0 Å². The van der Waals surface area contributed by atoms with Crippen LogP contribution in [0.5, 0.6) is 0 Å². The van der Waals surface area contributed by atoms with Crippen molar-refractivity contribution >= 4 is 40.3 Å². The van der Waals surface area contributed by atoms with Crippen LogP contribution < -0.4 is 5.32 Å². The Morgan fingerprint density at radius 2 is 0.860 bits per heavy atom. The Bertz CT molecular complexity index is 3290. The zero-order valence-corrected chi connectivity index (χ0v) is 68.4. The third-order valence-electron chi connectivity index (χ3n) is 28.0. The van der Waals surface area contributed by atoms with Crippen LogP contribution in [0.15, 0.2) is 59.3 Å². The number of nitrogens with one attached hydrogen (secondary N) is 1. The maximum atomic E-state index is 11.7. The molecule has 0 aromatic heterocycles. The number of carbonyl (C=O) groups is 1. The molecule has 30 atom stereocenters. The van der Waals surface area contributed by atoms with E-state index < -0.39 is 94.6 Å². The lowest BCUT2D eigenvalue weighted by molar-refractivity contribution is -0.576. The second kappa shape index (κ2) is 32.0. The first-order chi connectivity index (χ1) is 50.5. The van der Waals surface area contributed by atoms with Gasteiger partial charge in [0.1, 0.15) is 18.9 Å². The van der Waals surface area contributed by atoms with Gasteiger partial charge in [-0.2, -0.15) is 13.2 Å². The Morgan fingerprint density at radius 1 is 0.495 bits per heavy atom. The molecule has 4 spiro atoms. The highest BCUT2D eigenvalue weighted by molar-refractivity contribution is 14.1. The first-order valence-electron chi connectivity index (χ1n) is 39.7. The fraction of sp³-hybridized carbons (Fsp3) is 0.863. The van der Waals surface area contributed by atoms with Crippen molar-refractivity contribution in [3.8, 4) is 0 Å². The molecule has 16 heterocycles. The lowest BCUT2D eigenvalue weighted by Crippen LogP contribution is -2.75. The van der Waals surface area contributed by atoms with E-state index in [1.165, 1.54) is 13.3 Å². The van der Waals surface area contributed by atoms with Gasteiger partial charge in [0, 0.05) is 98.2 Å². The van der Waals surface area contributed by atoms with Crippen molar-refractivity contribution < 1.29 is 109 Å². The molecule has 23 nitrogen and oxygen atoms in total. The van der Waals surface area contributed by atoms with Crippen LogP contribution in [0.25, 0.3) is 0 Å². The molecule has 606 valence electrons. The molecule has 0 aromatic rings. The van der Waals surface area contributed by atoms with E-state index in [1.54, 1.807) is 6.08 Å². The molecule has 15 saturated heterocycles. The quantitative estimate of drug-likeness (QED) is 0.0364. The van der Waals surface area contributed by atoms with E-state index in [4.69, 9.17) is 101 Å². The number of hydrogen-bond acceptors (Lipinski definition) is 22. The largest absolute Gasteiger partial charge is 0.477 e. The van der Waals surface area contributed by atoms with Crippen molar-refractivity contribution in [1.29, 1.82) is 0 Å². The summed E-state index contributed by atoms with van der Waals surface area (Å²) in [5, 5.41) is 3.01. The predicted octanol–water partition coefficient (Wildman–Crippen LogP) is 16.4. The number of amides is 1. The molecule has 16 aliphatic heterocycles. The highest BCUT2D eigenvalue weighted by Crippen LogP contribution is 2.67. The summed E-state index contributed by atoms with van der Waals surface area (Å²) in [4.78, 5) is 69.9. The van der Waals surface area contributed by atoms with Crippen molar-refractivity contribution in [2.45, 2.75) is 315 Å². The van der Waals surface area contributed by atoms with Gasteiger partial charge in [0.05, 0.1) is 19.5 Å². The number of nitrogens with zero attached hydrogens (tertiary/aromatic N) is 2. The molecule has 4 unspecified atom stereocenters. The Labute approximate surface area is 645 Å². The van der Waals surface area contributed by atoms with Crippen LogP contribution in [0.1, 0.15) is 220 Å². The first-order valence-corrected chi connectivity index (χ1v) is 41.2. The van der Waals surface area contributed by atoms with Crippen LogP contribution in [-0.2, 0) is 96.0 Å². The zero-order valence-electron chi connectivity index (χ0n) is 66.3. The van der Waals surface area contributed by atoms with Gasteiger partial charge < -0.3 is 57.4 Å². The van der Waals surface area contributed by atoms with E-state index in [0.29, 0.717) is 85.6 Å². The molecule has 0 radical (unpaired) electrons. The van der Waals surface area contributed by atoms with Gasteiger partial charge in [-0.3, -0.25) is 4.79 Å². The highest BCUT2D eigenvalue weighted by Gasteiger charge is 2.75. The number of aliphatic imine (C=N–C) groups is 2. The fourth-order valence-electron chi connectivity index (χ4n) is 22.0. The summed E-state index contributed by atoms with van der Waals surface area (Å²) in [5.41, 5.74) is -3.59. The maximum Gasteiger partial charge on any atom is 0.379 e. The summed E-state index contributed by atoms with van der Waals surface area (Å²) in [6, 6.07) is 0. The molecule has 107 heavy (non-hydrogen) atoms. The Balaban J connectivity index is 0.000000153. The summed E-state index contributed by atoms with van der Waals surface area (Å²) in [7, 11) is 0. The third-order valence-corrected chi connectivity index (χ3v) is 28.6. The van der Waals surface area contributed by atoms with Crippen LogP contribution in [0, 0.1) is 88.8 Å². The summed E-state index contributed by atoms with van der Waals surface area (Å²) in [6.45, 7) is 40.1. The van der Waals surface area contributed by atoms with Crippen molar-refractivity contribution in [2.75, 3.05) is 30.9 Å². The summed E-state index contributed by atoms with van der Waals surface area (Å²) in [5.74, 6) is 2.53. The molecule has 27 heteroatoms. The smallest absolute Gasteiger partial charge is 0.379 e. The monoisotopic (exact) mass is 1630 g/mol. The summed E-state index contributed by atoms with van der Waals surface area (Å²) in [6.07, 6.45) is 23.3. The van der Waals surface area contributed by atoms with Gasteiger partial charge in [0.2, 0.25) is 35.3 Å². The minimum absolute atomic E-state index is 0.0797. The lowest BCUT2D eigenvalue weighted by atomic mass is 9.56. The number of carbonyl (C=O) groups excluding carboxylic acids is 1. The topological polar surface area (TPSA) is 229 Å². The van der Waals surface area contributed by atoms with E-state index in [1.807, 2.05) is 86.8 Å². The minimum Gasteiger partial charge on any atom is -0.477 e. The van der Waals surface area contributed by atoms with E-state index in [-0.39, 0.29) is 47.3 Å². The second-order valence-corrected chi connectivity index (χ2v) is 35.8. The minimum atomic E-state index is -3.67. The van der Waals surface area contributed by atoms with E-state index >= 15 is 0 Å². The maximum absolute atomic E-state index is 11.7. The fourth-order valence-corrected chi connectivity index (χ4v) is 22.0. The molecule has 4 aliphatic carbocycles. The van der Waals surface area contributed by atoms with Gasteiger partial charge in [-0.15, -0.1) is 6.58 Å². The van der Waals surface area contributed by atoms with Crippen molar-refractivity contribution in [3.63, 3.8) is 0 Å². The molecule has 20 aliphatic rings. The van der Waals surface area contributed by atoms with Gasteiger partial charge in [-0.05, 0) is 179 Å². The number of rotatable bonds is 12. The zero-order chi connectivity index (χ0) is 77.3. The number of halogens is 4. The molecule has 8 bridgehead atoms. The Kier molecular flexibility index (Phi) is 25.0. The van der Waals surface area contributed by atoms with Crippen molar-refractivity contribution in [2.24, 2.45) is 98.8 Å². The lowest BCUT2D eigenvalue weighted by Gasteiger charge is -2.62. The number of hydrogen-bond donors (Lipinski definition) is 1. The first kappa shape index (κ1) is 83.5. The number of ether oxygens (including phenoxy) is 11. The van der Waals surface area contributed by atoms with Gasteiger partial charge in [-0.1, -0.05) is 95.9 Å². The molecule has 19 fully saturated rings. The second-order valence-electron chi connectivity index (χ2n) is 34.9. The van der Waals surface area contributed by atoms with Gasteiger partial charge >= 0.3 is 6.68 Å². The standard InChI is InChI=1S/C37H55NO10.C21H33NO5.C18H29NO5.C3H5I.CHF3/c1-22-10-12-29-24(3)35(7,44-32-36(29)27(22)14-17-34(6,43-32)46-47-36)38-25(4)40-19-9-8-18-39-20-26-21-41-31-37-28(23(2)11-13-30(26)37)15-16-33(5,42-31)45-48-37;1-7-12-23-15(4)22-20(6)14(3)17-9-8-13(2)16-10-11-19(5)24-18(25-20)21(16,17)27-26-19;1-10-6-7-14-11(2)17(5,19-12(3)20)22-15-18(14)13(10)8-9-16(4,21-15)23-24-18;1-2-3-4;2-1(3)4/h8-9,21-24,27-32H,10-20H2,1-7H3;7,13-14,16-18H,1,8-12H2,2-6H3;10-11,13-15H,6-9H2,1-5H3,(H,19,20);2H,1,3H2;1H/b9-8+,38-25?;;;;/t22-,23-,24-,27?,28?,29+,30+,31-,32+,33+,34+,35+,36-,37-;13-,14-,16?,17+,18+,19+,20+,21-;10-,11-,13?,14+,15+,16+,17+,18-;;/m111../s1. The van der Waals surface area contributed by atoms with Crippen LogP contribution in [-0.4, -0.2) is 143 Å². The third kappa shape index (κ3) is 15.4. The van der Waals surface area contributed by atoms with Crippen LogP contribution in [0.3, 0.4) is 0 Å². The van der Waals surface area contributed by atoms with Crippen LogP contribution in [0.4, 0.5) is 13.2 Å². The number of fused-ring (bicyclic) bond motifs is 8. The predicted molar refractivity (Wildman–Crippen MR) is 395 cm³/mol. The van der Waals surface area contributed by atoms with Crippen molar-refractivity contribution in [1.82, 2.24) is 5.32 Å². The van der Waals surface area contributed by atoms with E-state index in [2.05, 4.69) is 89.5 Å². The average Bonchev–Trinajstić information content (AvgIpc) is 1.68. The Hall–Kier alpha value is -2.95. The molecular weight excluding hydrogens is 1510 g/mol. The molecular formula is C80H123F3IN3O20. The van der Waals surface area contributed by atoms with Gasteiger partial charge in [0.15, 0.2) is 64.5 Å². The van der Waals surface area contributed by atoms with Crippen molar-refractivity contribution in [3.05, 3.63) is 49.3 Å². The molecule has 0 aromatic carbocycles. The van der Waals surface area contributed by atoms with E-state index in [0.717, 1.165) is 106 Å². The molecule has 1 N–H and O–H groups in total. The SMILES string of the molecule is C=CCI.C=CCOC(C)=N[C@@]1(C)O[C@@H]2O[C@]3(C)CCC4[C@H](C)CC[C@@H]([C@H]1C)[C@]42OO3.CC(=N[C@@]1(C)O[C@@H]2O[C@]3(C)CCC4[C@H](C)CC[C@@H]([C@H]1C)[C@]42OO3)OC/C=C/COCC1=CO[C@@H]2O[C@]3(C)CCC4[C@H](C)CC[C@@H]1[C@]42OO3.CC(=O)N[C@@]1(C)O[C@@H]2O[C@]3(C)CCC4[C@H](C)CC[C@@H]([C@H]1C)[C@]42OO3.FC(F)F. The Morgan fingerprint density at radius 3 is 1.27 bits per heavy atom. The van der Waals surface area contributed by atoms with Gasteiger partial charge in [0.25, 0.3) is 0 Å². The number of alkyl halides is 4. The molecule has 1 amide bonds.